The van der Waals surface area contributed by atoms with E-state index in [1.807, 2.05) is 38.1 Å². The summed E-state index contributed by atoms with van der Waals surface area (Å²) in [7, 11) is 0. The number of Topliss-reactive ketones (excluding diaryl/α,β-unsaturated/α-hetero) is 1. The first kappa shape index (κ1) is 19.6. The van der Waals surface area contributed by atoms with Crippen molar-refractivity contribution in [1.82, 2.24) is 4.98 Å². The predicted molar refractivity (Wildman–Crippen MR) is 113 cm³/mol. The smallest absolute Gasteiger partial charge is 0.274 e. The second kappa shape index (κ2) is 8.23. The third kappa shape index (κ3) is 4.56. The van der Waals surface area contributed by atoms with Crippen molar-refractivity contribution in [3.63, 3.8) is 0 Å². The van der Waals surface area contributed by atoms with Gasteiger partial charge in [0.25, 0.3) is 5.91 Å². The number of nitrogens with zero attached hydrogens (tertiary/aromatic N) is 1. The number of pyridine rings is 1. The van der Waals surface area contributed by atoms with Gasteiger partial charge in [-0.15, -0.1) is 0 Å². The second-order valence-electron chi connectivity index (χ2n) is 6.58. The molecule has 0 aliphatic rings. The Morgan fingerprint density at radius 1 is 0.964 bits per heavy atom. The molecule has 0 atom stereocenters. The Balaban J connectivity index is 1.70. The summed E-state index contributed by atoms with van der Waals surface area (Å²) in [5, 5.41) is 6.50. The molecule has 0 aliphatic heterocycles. The monoisotopic (exact) mass is 393 g/mol. The Labute approximate surface area is 168 Å². The summed E-state index contributed by atoms with van der Waals surface area (Å²) >= 11 is 6.25. The predicted octanol–water partition coefficient (Wildman–Crippen LogP) is 5.55. The number of anilines is 3. The summed E-state index contributed by atoms with van der Waals surface area (Å²) in [4.78, 5) is 28.0. The molecule has 2 aromatic carbocycles. The number of hydrogen-bond donors (Lipinski definition) is 2. The molecule has 1 aromatic heterocycles. The van der Waals surface area contributed by atoms with Crippen LogP contribution in [0.1, 0.15) is 38.9 Å². The van der Waals surface area contributed by atoms with Crippen LogP contribution in [0.15, 0.2) is 54.7 Å². The number of halogens is 1. The van der Waals surface area contributed by atoms with Gasteiger partial charge in [-0.05, 0) is 74.4 Å². The van der Waals surface area contributed by atoms with E-state index in [4.69, 9.17) is 11.6 Å². The van der Waals surface area contributed by atoms with Crippen molar-refractivity contribution in [3.8, 4) is 0 Å². The van der Waals surface area contributed by atoms with Gasteiger partial charge in [-0.1, -0.05) is 17.7 Å². The number of hydrogen-bond acceptors (Lipinski definition) is 4. The van der Waals surface area contributed by atoms with Gasteiger partial charge in [0.15, 0.2) is 5.78 Å². The van der Waals surface area contributed by atoms with Crippen LogP contribution in [0.4, 0.5) is 17.1 Å². The quantitative estimate of drug-likeness (QED) is 0.557. The van der Waals surface area contributed by atoms with E-state index in [0.29, 0.717) is 16.3 Å². The number of rotatable bonds is 5. The van der Waals surface area contributed by atoms with Crippen LogP contribution in [0.2, 0.25) is 5.02 Å². The molecule has 5 nitrogen and oxygen atoms in total. The van der Waals surface area contributed by atoms with Crippen molar-refractivity contribution in [3.05, 3.63) is 82.1 Å². The molecule has 0 unspecified atom stereocenters. The van der Waals surface area contributed by atoms with Crippen LogP contribution in [-0.4, -0.2) is 16.7 Å². The lowest BCUT2D eigenvalue weighted by Crippen LogP contribution is -2.15. The minimum Gasteiger partial charge on any atom is -0.354 e. The number of carbonyl (C=O) groups excluding carboxylic acids is 2. The lowest BCUT2D eigenvalue weighted by Gasteiger charge is -2.12. The second-order valence-corrected chi connectivity index (χ2v) is 6.99. The minimum atomic E-state index is -0.328. The molecule has 3 rings (SSSR count). The van der Waals surface area contributed by atoms with Crippen molar-refractivity contribution in [2.45, 2.75) is 20.8 Å². The molecule has 0 saturated heterocycles. The molecular formula is C22H20ClN3O2. The maximum atomic E-state index is 12.5. The Kier molecular flexibility index (Phi) is 5.76. The van der Waals surface area contributed by atoms with Gasteiger partial charge in [0.05, 0.1) is 22.6 Å². The normalized spacial score (nSPS) is 10.4. The first-order valence-electron chi connectivity index (χ1n) is 8.75. The lowest BCUT2D eigenvalue weighted by molar-refractivity contribution is 0.101. The summed E-state index contributed by atoms with van der Waals surface area (Å²) < 4.78 is 0. The summed E-state index contributed by atoms with van der Waals surface area (Å²) in [5.74, 6) is -0.307. The highest BCUT2D eigenvalue weighted by Gasteiger charge is 2.12. The largest absolute Gasteiger partial charge is 0.354 e. The maximum Gasteiger partial charge on any atom is 0.274 e. The molecule has 0 radical (unpaired) electrons. The van der Waals surface area contributed by atoms with Crippen molar-refractivity contribution < 1.29 is 9.59 Å². The first-order chi connectivity index (χ1) is 13.3. The number of ketones is 1. The fourth-order valence-corrected chi connectivity index (χ4v) is 3.18. The first-order valence-corrected chi connectivity index (χ1v) is 9.13. The topological polar surface area (TPSA) is 71.1 Å². The van der Waals surface area contributed by atoms with Gasteiger partial charge in [-0.3, -0.25) is 9.59 Å². The van der Waals surface area contributed by atoms with E-state index in [1.165, 1.54) is 6.92 Å². The van der Waals surface area contributed by atoms with E-state index in [0.717, 1.165) is 22.5 Å². The van der Waals surface area contributed by atoms with Gasteiger partial charge in [0, 0.05) is 11.3 Å². The zero-order valence-electron chi connectivity index (χ0n) is 15.8. The average Bonchev–Trinajstić information content (AvgIpc) is 2.65. The Hall–Kier alpha value is -3.18. The van der Waals surface area contributed by atoms with Gasteiger partial charge in [0.1, 0.15) is 5.69 Å². The van der Waals surface area contributed by atoms with E-state index in [9.17, 15) is 9.59 Å². The fourth-order valence-electron chi connectivity index (χ4n) is 2.81. The number of benzene rings is 2. The number of aromatic nitrogens is 1. The standard InChI is InChI=1S/C22H20ClN3O2/c1-13-10-14(2)21(19(23)11-13)26-22(28)20-9-8-18(12-24-20)25-17-6-4-16(5-7-17)15(3)27/h4-12,25H,1-3H3,(H,26,28). The molecule has 0 bridgehead atoms. The van der Waals surface area contributed by atoms with E-state index < -0.39 is 0 Å². The molecule has 1 heterocycles. The van der Waals surface area contributed by atoms with Crippen LogP contribution in [0, 0.1) is 13.8 Å². The Morgan fingerprint density at radius 2 is 1.64 bits per heavy atom. The fraction of sp³-hybridized carbons (Fsp3) is 0.136. The Morgan fingerprint density at radius 3 is 2.21 bits per heavy atom. The van der Waals surface area contributed by atoms with Crippen molar-refractivity contribution in [2.24, 2.45) is 0 Å². The highest BCUT2D eigenvalue weighted by atomic mass is 35.5. The zero-order chi connectivity index (χ0) is 20.3. The van der Waals surface area contributed by atoms with Crippen LogP contribution >= 0.6 is 11.6 Å². The van der Waals surface area contributed by atoms with Gasteiger partial charge in [-0.25, -0.2) is 4.98 Å². The molecule has 0 spiro atoms. The average molecular weight is 394 g/mol. The van der Waals surface area contributed by atoms with Crippen molar-refractivity contribution >= 4 is 40.4 Å². The van der Waals surface area contributed by atoms with Crippen molar-refractivity contribution in [2.75, 3.05) is 10.6 Å². The molecule has 142 valence electrons. The van der Waals surface area contributed by atoms with Crippen LogP contribution in [0.25, 0.3) is 0 Å². The summed E-state index contributed by atoms with van der Waals surface area (Å²) in [6.45, 7) is 5.37. The minimum absolute atomic E-state index is 0.0208. The zero-order valence-corrected chi connectivity index (χ0v) is 16.6. The highest BCUT2D eigenvalue weighted by molar-refractivity contribution is 6.34. The molecular weight excluding hydrogens is 374 g/mol. The molecule has 3 aromatic rings. The summed E-state index contributed by atoms with van der Waals surface area (Å²) in [5.41, 5.74) is 5.01. The van der Waals surface area contributed by atoms with Crippen molar-refractivity contribution in [1.29, 1.82) is 0 Å². The Bertz CT molecular complexity index is 1010. The van der Waals surface area contributed by atoms with E-state index >= 15 is 0 Å². The summed E-state index contributed by atoms with van der Waals surface area (Å²) in [6, 6.07) is 14.3. The highest BCUT2D eigenvalue weighted by Crippen LogP contribution is 2.27. The van der Waals surface area contributed by atoms with Gasteiger partial charge >= 0.3 is 0 Å². The SMILES string of the molecule is CC(=O)c1ccc(Nc2ccc(C(=O)Nc3c(C)cc(C)cc3Cl)nc2)cc1. The van der Waals surface area contributed by atoms with E-state index in [-0.39, 0.29) is 17.4 Å². The maximum absolute atomic E-state index is 12.5. The van der Waals surface area contributed by atoms with Crippen LogP contribution in [-0.2, 0) is 0 Å². The molecule has 0 saturated carbocycles. The van der Waals surface area contributed by atoms with Crippen LogP contribution < -0.4 is 10.6 Å². The summed E-state index contributed by atoms with van der Waals surface area (Å²) in [6.07, 6.45) is 1.58. The van der Waals surface area contributed by atoms with Gasteiger partial charge < -0.3 is 10.6 Å². The van der Waals surface area contributed by atoms with Gasteiger partial charge in [0.2, 0.25) is 0 Å². The number of carbonyl (C=O) groups is 2. The molecule has 28 heavy (non-hydrogen) atoms. The van der Waals surface area contributed by atoms with Crippen LogP contribution in [0.3, 0.4) is 0 Å². The molecule has 0 fully saturated rings. The van der Waals surface area contributed by atoms with E-state index in [1.54, 1.807) is 30.5 Å². The number of aryl methyl sites for hydroxylation is 2. The van der Waals surface area contributed by atoms with Gasteiger partial charge in [-0.2, -0.15) is 0 Å². The third-order valence-electron chi connectivity index (χ3n) is 4.25. The molecule has 2 N–H and O–H groups in total. The lowest BCUT2D eigenvalue weighted by atomic mass is 10.1. The number of nitrogens with one attached hydrogen (secondary N) is 2. The van der Waals surface area contributed by atoms with Crippen LogP contribution in [0.5, 0.6) is 0 Å². The third-order valence-corrected chi connectivity index (χ3v) is 4.54. The molecule has 6 heteroatoms. The molecule has 1 amide bonds. The molecule has 0 aliphatic carbocycles. The van der Waals surface area contributed by atoms with E-state index in [2.05, 4.69) is 15.6 Å². The number of amides is 1.